The van der Waals surface area contributed by atoms with Crippen molar-refractivity contribution in [2.24, 2.45) is 0 Å². The van der Waals surface area contributed by atoms with Crippen LogP contribution in [0, 0.1) is 6.92 Å². The van der Waals surface area contributed by atoms with Gasteiger partial charge in [-0.25, -0.2) is 4.98 Å². The van der Waals surface area contributed by atoms with Crippen molar-refractivity contribution in [3.05, 3.63) is 29.0 Å². The van der Waals surface area contributed by atoms with Gasteiger partial charge in [-0.15, -0.1) is 13.2 Å². The Labute approximate surface area is 109 Å². The van der Waals surface area contributed by atoms with Gasteiger partial charge < -0.3 is 10.1 Å². The number of hydrogen-bond acceptors (Lipinski definition) is 3. The van der Waals surface area contributed by atoms with E-state index in [9.17, 15) is 13.2 Å². The van der Waals surface area contributed by atoms with E-state index in [1.54, 1.807) is 13.0 Å². The van der Waals surface area contributed by atoms with Gasteiger partial charge in [-0.2, -0.15) is 0 Å². The van der Waals surface area contributed by atoms with Crippen LogP contribution in [-0.2, 0) is 0 Å². The Balaban J connectivity index is 2.21. The molecule has 0 saturated carbocycles. The number of hydrogen-bond donors (Lipinski definition) is 1. The molecule has 1 aromatic heterocycles. The second-order valence-electron chi connectivity index (χ2n) is 4.51. The minimum Gasteiger partial charge on any atom is -0.388 e. The number of rotatable bonds is 2. The number of nitrogens with one attached hydrogen (secondary N) is 1. The first-order valence-corrected chi connectivity index (χ1v) is 6.07. The third-order valence-electron chi connectivity index (χ3n) is 2.75. The molecule has 0 spiro atoms. The van der Waals surface area contributed by atoms with E-state index in [2.05, 4.69) is 15.0 Å². The quantitative estimate of drug-likeness (QED) is 0.898. The SMILES string of the molecule is Cc1cc(/C=C2/CCCNC2)cc(OC(F)(F)F)n1. The smallest absolute Gasteiger partial charge is 0.388 e. The summed E-state index contributed by atoms with van der Waals surface area (Å²) >= 11 is 0. The third kappa shape index (κ3) is 4.55. The molecule has 0 unspecified atom stereocenters. The van der Waals surface area contributed by atoms with Gasteiger partial charge in [0.05, 0.1) is 0 Å². The molecule has 6 heteroatoms. The summed E-state index contributed by atoms with van der Waals surface area (Å²) < 4.78 is 40.4. The van der Waals surface area contributed by atoms with Gasteiger partial charge in [0.1, 0.15) is 0 Å². The molecule has 1 N–H and O–H groups in total. The molecule has 0 amide bonds. The fraction of sp³-hybridized carbons (Fsp3) is 0.462. The van der Waals surface area contributed by atoms with E-state index in [-0.39, 0.29) is 0 Å². The molecule has 0 atom stereocenters. The summed E-state index contributed by atoms with van der Waals surface area (Å²) in [5.41, 5.74) is 2.36. The number of piperidine rings is 1. The average Bonchev–Trinajstić information content (AvgIpc) is 2.26. The van der Waals surface area contributed by atoms with E-state index in [1.165, 1.54) is 11.6 Å². The van der Waals surface area contributed by atoms with Crippen molar-refractivity contribution < 1.29 is 17.9 Å². The largest absolute Gasteiger partial charge is 0.574 e. The summed E-state index contributed by atoms with van der Waals surface area (Å²) in [6.07, 6.45) is -0.812. The summed E-state index contributed by atoms with van der Waals surface area (Å²) in [5, 5.41) is 3.23. The molecular weight excluding hydrogens is 257 g/mol. The fourth-order valence-corrected chi connectivity index (χ4v) is 2.05. The zero-order valence-electron chi connectivity index (χ0n) is 10.5. The van der Waals surface area contributed by atoms with Crippen LogP contribution in [0.4, 0.5) is 13.2 Å². The molecule has 1 aliphatic rings. The first-order valence-electron chi connectivity index (χ1n) is 6.07. The van der Waals surface area contributed by atoms with Crippen LogP contribution in [0.2, 0.25) is 0 Å². The molecule has 19 heavy (non-hydrogen) atoms. The zero-order chi connectivity index (χ0) is 13.9. The van der Waals surface area contributed by atoms with Crippen LogP contribution in [0.3, 0.4) is 0 Å². The maximum absolute atomic E-state index is 12.2. The second kappa shape index (κ2) is 5.61. The highest BCUT2D eigenvalue weighted by atomic mass is 19.4. The van der Waals surface area contributed by atoms with E-state index < -0.39 is 12.2 Å². The summed E-state index contributed by atoms with van der Waals surface area (Å²) in [6.45, 7) is 3.40. The van der Waals surface area contributed by atoms with E-state index >= 15 is 0 Å². The Bertz CT molecular complexity index is 475. The van der Waals surface area contributed by atoms with E-state index in [1.807, 2.05) is 6.08 Å². The van der Waals surface area contributed by atoms with Crippen molar-refractivity contribution in [1.82, 2.24) is 10.3 Å². The first-order chi connectivity index (χ1) is 8.92. The Morgan fingerprint density at radius 3 is 2.79 bits per heavy atom. The number of aryl methyl sites for hydroxylation is 1. The number of ether oxygens (including phenoxy) is 1. The van der Waals surface area contributed by atoms with Gasteiger partial charge in [-0.3, -0.25) is 0 Å². The van der Waals surface area contributed by atoms with Gasteiger partial charge in [0.25, 0.3) is 0 Å². The number of alkyl halides is 3. The molecule has 0 radical (unpaired) electrons. The van der Waals surface area contributed by atoms with Gasteiger partial charge in [0.15, 0.2) is 0 Å². The number of nitrogens with zero attached hydrogens (tertiary/aromatic N) is 1. The molecule has 0 aromatic carbocycles. The molecule has 104 valence electrons. The lowest BCUT2D eigenvalue weighted by Gasteiger charge is -2.15. The van der Waals surface area contributed by atoms with Crippen LogP contribution in [-0.4, -0.2) is 24.4 Å². The Kier molecular flexibility index (Phi) is 4.09. The Hall–Kier alpha value is -1.56. The van der Waals surface area contributed by atoms with Gasteiger partial charge in [0, 0.05) is 18.3 Å². The molecule has 1 fully saturated rings. The fourth-order valence-electron chi connectivity index (χ4n) is 2.05. The summed E-state index contributed by atoms with van der Waals surface area (Å²) in [7, 11) is 0. The predicted molar refractivity (Wildman–Crippen MR) is 65.7 cm³/mol. The zero-order valence-corrected chi connectivity index (χ0v) is 10.5. The van der Waals surface area contributed by atoms with Crippen molar-refractivity contribution in [3.63, 3.8) is 0 Å². The lowest BCUT2D eigenvalue weighted by Crippen LogP contribution is -2.23. The molecule has 2 heterocycles. The topological polar surface area (TPSA) is 34.1 Å². The molecule has 2 rings (SSSR count). The van der Waals surface area contributed by atoms with Crippen LogP contribution in [0.1, 0.15) is 24.1 Å². The number of aromatic nitrogens is 1. The molecule has 0 aliphatic carbocycles. The van der Waals surface area contributed by atoms with Crippen molar-refractivity contribution in [3.8, 4) is 5.88 Å². The van der Waals surface area contributed by atoms with Crippen LogP contribution in [0.25, 0.3) is 6.08 Å². The molecule has 1 aliphatic heterocycles. The van der Waals surface area contributed by atoms with Gasteiger partial charge in [-0.1, -0.05) is 11.6 Å². The maximum Gasteiger partial charge on any atom is 0.574 e. The van der Waals surface area contributed by atoms with Crippen molar-refractivity contribution >= 4 is 6.08 Å². The van der Waals surface area contributed by atoms with Gasteiger partial charge >= 0.3 is 6.36 Å². The highest BCUT2D eigenvalue weighted by Gasteiger charge is 2.31. The average molecular weight is 272 g/mol. The van der Waals surface area contributed by atoms with E-state index in [0.717, 1.165) is 25.9 Å². The lowest BCUT2D eigenvalue weighted by molar-refractivity contribution is -0.276. The summed E-state index contributed by atoms with van der Waals surface area (Å²) in [4.78, 5) is 3.73. The van der Waals surface area contributed by atoms with Crippen LogP contribution < -0.4 is 10.1 Å². The minimum atomic E-state index is -4.71. The third-order valence-corrected chi connectivity index (χ3v) is 2.75. The summed E-state index contributed by atoms with van der Waals surface area (Å²) in [5.74, 6) is -0.414. The first kappa shape index (κ1) is 13.9. The molecule has 3 nitrogen and oxygen atoms in total. The highest BCUT2D eigenvalue weighted by molar-refractivity contribution is 5.55. The van der Waals surface area contributed by atoms with E-state index in [0.29, 0.717) is 11.3 Å². The summed E-state index contributed by atoms with van der Waals surface area (Å²) in [6, 6.07) is 3.05. The lowest BCUT2D eigenvalue weighted by atomic mass is 10.0. The maximum atomic E-state index is 12.2. The Morgan fingerprint density at radius 2 is 2.16 bits per heavy atom. The van der Waals surface area contributed by atoms with Crippen LogP contribution in [0.15, 0.2) is 17.7 Å². The minimum absolute atomic E-state index is 0.414. The molecule has 1 aromatic rings. The molecular formula is C13H15F3N2O. The standard InChI is InChI=1S/C13H15F3N2O/c1-9-5-11(6-10-3-2-4-17-8-10)7-12(18-9)19-13(14,15)16/h5-7,17H,2-4,8H2,1H3/b10-6-. The monoisotopic (exact) mass is 272 g/mol. The molecule has 0 bridgehead atoms. The van der Waals surface area contributed by atoms with Crippen molar-refractivity contribution in [2.75, 3.05) is 13.1 Å². The normalized spacial score (nSPS) is 18.6. The van der Waals surface area contributed by atoms with Gasteiger partial charge in [0.2, 0.25) is 5.88 Å². The highest BCUT2D eigenvalue weighted by Crippen LogP contribution is 2.23. The van der Waals surface area contributed by atoms with Gasteiger partial charge in [-0.05, 0) is 37.9 Å². The van der Waals surface area contributed by atoms with Crippen LogP contribution in [0.5, 0.6) is 5.88 Å². The van der Waals surface area contributed by atoms with Crippen molar-refractivity contribution in [2.45, 2.75) is 26.1 Å². The predicted octanol–water partition coefficient (Wildman–Crippen LogP) is 3.06. The Morgan fingerprint density at radius 1 is 1.37 bits per heavy atom. The molecule has 1 saturated heterocycles. The van der Waals surface area contributed by atoms with E-state index in [4.69, 9.17) is 0 Å². The second-order valence-corrected chi connectivity index (χ2v) is 4.51. The number of halogens is 3. The van der Waals surface area contributed by atoms with Crippen LogP contribution >= 0.6 is 0 Å². The van der Waals surface area contributed by atoms with Crippen molar-refractivity contribution in [1.29, 1.82) is 0 Å². The number of pyridine rings is 1.